The summed E-state index contributed by atoms with van der Waals surface area (Å²) in [6, 6.07) is 47.2. The largest absolute Gasteiger partial charge is 0.309 e. The Labute approximate surface area is 280 Å². The second kappa shape index (κ2) is 12.3. The monoisotopic (exact) mass is 659 g/mol. The first-order valence-electron chi connectivity index (χ1n) is 16.4. The molecular weight excluding hydrogens is 622 g/mol. The van der Waals surface area contributed by atoms with Gasteiger partial charge in [0.05, 0.1) is 16.4 Å². The van der Waals surface area contributed by atoms with Gasteiger partial charge in [0.2, 0.25) is 0 Å². The standard InChI is InChI=1S/C42H32BrN.C2H6/c1-3-12-29(13-4-2)42(30-15-6-5-7-16-30)37-19-11-10-18-34(37)35-24-22-32(27-38(35)42)44-39-25-20-28-14-8-9-17-33(28)41(39)36-23-21-31(43)26-40(36)44;1-2/h3,5-27H,4H2,1-2H3;1-2H3/b12-3-,29-13+;. The van der Waals surface area contributed by atoms with Crippen molar-refractivity contribution in [1.82, 2.24) is 4.57 Å². The predicted octanol–water partition coefficient (Wildman–Crippen LogP) is 13.0. The van der Waals surface area contributed by atoms with Gasteiger partial charge < -0.3 is 4.57 Å². The van der Waals surface area contributed by atoms with Gasteiger partial charge in [-0.3, -0.25) is 0 Å². The minimum absolute atomic E-state index is 0.433. The van der Waals surface area contributed by atoms with Gasteiger partial charge in [-0.25, -0.2) is 0 Å². The molecule has 2 heteroatoms. The summed E-state index contributed by atoms with van der Waals surface area (Å²) in [5, 5.41) is 5.10. The topological polar surface area (TPSA) is 4.93 Å². The van der Waals surface area contributed by atoms with Crippen LogP contribution in [0.4, 0.5) is 0 Å². The fourth-order valence-electron chi connectivity index (χ4n) is 7.67. The molecule has 1 nitrogen and oxygen atoms in total. The molecule has 1 unspecified atom stereocenters. The molecule has 0 fully saturated rings. The average molecular weight is 661 g/mol. The molecule has 0 amide bonds. The van der Waals surface area contributed by atoms with Crippen molar-refractivity contribution in [2.24, 2.45) is 0 Å². The first-order chi connectivity index (χ1) is 22.7. The fourth-order valence-corrected chi connectivity index (χ4v) is 8.02. The van der Waals surface area contributed by atoms with Crippen LogP contribution >= 0.6 is 15.9 Å². The smallest absolute Gasteiger partial charge is 0.0711 e. The third kappa shape index (κ3) is 4.42. The van der Waals surface area contributed by atoms with Crippen LogP contribution in [0, 0.1) is 0 Å². The summed E-state index contributed by atoms with van der Waals surface area (Å²) in [5.74, 6) is 0. The molecule has 6 aromatic carbocycles. The number of aromatic nitrogens is 1. The molecule has 0 aliphatic heterocycles. The Kier molecular flexibility index (Phi) is 8.01. The number of nitrogens with zero attached hydrogens (tertiary/aromatic N) is 1. The number of halogens is 1. The van der Waals surface area contributed by atoms with Crippen molar-refractivity contribution in [1.29, 1.82) is 0 Å². The zero-order valence-electron chi connectivity index (χ0n) is 26.9. The molecule has 46 heavy (non-hydrogen) atoms. The van der Waals surface area contributed by atoms with E-state index in [-0.39, 0.29) is 0 Å². The SMILES string of the molecule is C/C=C\C(=C/CC)C1(c2ccccc2)c2ccccc2-c2ccc(-n3c4cc(Br)ccc4c4c5ccccc5ccc43)cc21.CC. The van der Waals surface area contributed by atoms with Crippen LogP contribution in [0.1, 0.15) is 50.8 Å². The van der Waals surface area contributed by atoms with E-state index < -0.39 is 5.41 Å². The van der Waals surface area contributed by atoms with Crippen molar-refractivity contribution >= 4 is 48.5 Å². The molecule has 7 aromatic rings. The van der Waals surface area contributed by atoms with E-state index in [1.807, 2.05) is 13.8 Å². The van der Waals surface area contributed by atoms with E-state index in [1.54, 1.807) is 0 Å². The Hall–Kier alpha value is -4.66. The molecule has 0 N–H and O–H groups in total. The van der Waals surface area contributed by atoms with Crippen molar-refractivity contribution in [2.45, 2.75) is 39.5 Å². The van der Waals surface area contributed by atoms with Crippen LogP contribution in [0.2, 0.25) is 0 Å². The molecule has 226 valence electrons. The highest BCUT2D eigenvalue weighted by Gasteiger charge is 2.46. The molecule has 0 spiro atoms. The van der Waals surface area contributed by atoms with Crippen molar-refractivity contribution in [3.05, 3.63) is 172 Å². The van der Waals surface area contributed by atoms with Crippen LogP contribution in [-0.4, -0.2) is 4.57 Å². The third-order valence-electron chi connectivity index (χ3n) is 9.31. The number of hydrogen-bond acceptors (Lipinski definition) is 0. The Bertz CT molecular complexity index is 2290. The third-order valence-corrected chi connectivity index (χ3v) is 9.81. The lowest BCUT2D eigenvalue weighted by Gasteiger charge is -2.35. The number of allylic oxidation sites excluding steroid dienone is 4. The van der Waals surface area contributed by atoms with E-state index in [4.69, 9.17) is 0 Å². The summed E-state index contributed by atoms with van der Waals surface area (Å²) >= 11 is 3.79. The molecule has 0 bridgehead atoms. The number of benzene rings is 6. The molecular formula is C44H38BrN. The molecule has 0 radical (unpaired) electrons. The van der Waals surface area contributed by atoms with Crippen LogP contribution in [0.25, 0.3) is 49.4 Å². The maximum atomic E-state index is 3.79. The molecule has 8 rings (SSSR count). The van der Waals surface area contributed by atoms with Crippen LogP contribution in [0.3, 0.4) is 0 Å². The van der Waals surface area contributed by atoms with Crippen molar-refractivity contribution < 1.29 is 0 Å². The van der Waals surface area contributed by atoms with Gasteiger partial charge in [0, 0.05) is 20.9 Å². The number of rotatable bonds is 5. The van der Waals surface area contributed by atoms with Crippen LogP contribution in [-0.2, 0) is 5.41 Å². The van der Waals surface area contributed by atoms with Crippen molar-refractivity contribution in [3.63, 3.8) is 0 Å². The normalized spacial score (nSPS) is 15.7. The van der Waals surface area contributed by atoms with E-state index in [2.05, 4.69) is 180 Å². The Balaban J connectivity index is 0.00000166. The van der Waals surface area contributed by atoms with E-state index in [1.165, 1.54) is 71.7 Å². The van der Waals surface area contributed by atoms with E-state index in [0.717, 1.165) is 10.9 Å². The summed E-state index contributed by atoms with van der Waals surface area (Å²) in [6.07, 6.45) is 7.87. The van der Waals surface area contributed by atoms with E-state index in [9.17, 15) is 0 Å². The lowest BCUT2D eigenvalue weighted by molar-refractivity contribution is 0.760. The number of fused-ring (bicyclic) bond motifs is 8. The Morgan fingerprint density at radius 1 is 0.696 bits per heavy atom. The van der Waals surface area contributed by atoms with Gasteiger partial charge in [-0.15, -0.1) is 0 Å². The molecule has 0 saturated carbocycles. The van der Waals surface area contributed by atoms with Gasteiger partial charge in [0.15, 0.2) is 0 Å². The average Bonchev–Trinajstić information content (AvgIpc) is 3.59. The highest BCUT2D eigenvalue weighted by Crippen LogP contribution is 2.57. The van der Waals surface area contributed by atoms with Gasteiger partial charge in [0.25, 0.3) is 0 Å². The molecule has 1 aromatic heterocycles. The highest BCUT2D eigenvalue weighted by atomic mass is 79.9. The number of hydrogen-bond donors (Lipinski definition) is 0. The van der Waals surface area contributed by atoms with Crippen LogP contribution in [0.5, 0.6) is 0 Å². The highest BCUT2D eigenvalue weighted by molar-refractivity contribution is 9.10. The van der Waals surface area contributed by atoms with E-state index >= 15 is 0 Å². The minimum atomic E-state index is -0.433. The van der Waals surface area contributed by atoms with Gasteiger partial charge in [0.1, 0.15) is 0 Å². The Morgan fingerprint density at radius 2 is 1.43 bits per heavy atom. The second-order valence-corrected chi connectivity index (χ2v) is 12.6. The minimum Gasteiger partial charge on any atom is -0.309 e. The lowest BCUT2D eigenvalue weighted by Crippen LogP contribution is -2.29. The Morgan fingerprint density at radius 3 is 2.24 bits per heavy atom. The summed E-state index contributed by atoms with van der Waals surface area (Å²) in [4.78, 5) is 0. The molecule has 1 heterocycles. The second-order valence-electron chi connectivity index (χ2n) is 11.6. The van der Waals surface area contributed by atoms with Gasteiger partial charge in [-0.2, -0.15) is 0 Å². The maximum Gasteiger partial charge on any atom is 0.0711 e. The van der Waals surface area contributed by atoms with Gasteiger partial charge in [-0.1, -0.05) is 152 Å². The first-order valence-corrected chi connectivity index (χ1v) is 17.2. The summed E-state index contributed by atoms with van der Waals surface area (Å²) in [7, 11) is 0. The first kappa shape index (κ1) is 30.0. The van der Waals surface area contributed by atoms with Crippen LogP contribution < -0.4 is 0 Å². The molecule has 1 aliphatic carbocycles. The quantitative estimate of drug-likeness (QED) is 0.162. The lowest BCUT2D eigenvalue weighted by atomic mass is 9.66. The summed E-state index contributed by atoms with van der Waals surface area (Å²) in [5.41, 5.74) is 11.0. The van der Waals surface area contributed by atoms with Crippen LogP contribution in [0.15, 0.2) is 156 Å². The summed E-state index contributed by atoms with van der Waals surface area (Å²) in [6.45, 7) is 8.36. The molecule has 1 atom stereocenters. The zero-order valence-corrected chi connectivity index (χ0v) is 28.5. The maximum absolute atomic E-state index is 3.79. The predicted molar refractivity (Wildman–Crippen MR) is 202 cm³/mol. The van der Waals surface area contributed by atoms with Gasteiger partial charge in [-0.05, 0) is 87.8 Å². The van der Waals surface area contributed by atoms with Gasteiger partial charge >= 0.3 is 0 Å². The molecule has 0 saturated heterocycles. The summed E-state index contributed by atoms with van der Waals surface area (Å²) < 4.78 is 3.53. The zero-order chi connectivity index (χ0) is 31.8. The molecule has 1 aliphatic rings. The van der Waals surface area contributed by atoms with E-state index in [0.29, 0.717) is 0 Å². The fraction of sp³-hybridized carbons (Fsp3) is 0.136. The van der Waals surface area contributed by atoms with Crippen molar-refractivity contribution in [2.75, 3.05) is 0 Å². The van der Waals surface area contributed by atoms with Crippen molar-refractivity contribution in [3.8, 4) is 16.8 Å².